The predicted octanol–water partition coefficient (Wildman–Crippen LogP) is 2.40. The van der Waals surface area contributed by atoms with E-state index in [1.165, 1.54) is 7.11 Å². The average Bonchev–Trinajstić information content (AvgIpc) is 2.69. The third-order valence-corrected chi connectivity index (χ3v) is 3.64. The van der Waals surface area contributed by atoms with Gasteiger partial charge in [-0.2, -0.15) is 0 Å². The van der Waals surface area contributed by atoms with E-state index >= 15 is 0 Å². The molecule has 0 fully saturated rings. The van der Waals surface area contributed by atoms with Crippen molar-refractivity contribution in [2.24, 2.45) is 0 Å². The lowest BCUT2D eigenvalue weighted by Gasteiger charge is -2.10. The van der Waals surface area contributed by atoms with Crippen molar-refractivity contribution in [3.8, 4) is 11.5 Å². The van der Waals surface area contributed by atoms with Gasteiger partial charge in [-0.05, 0) is 30.7 Å². The second-order valence-corrected chi connectivity index (χ2v) is 5.57. The third-order valence-electron chi connectivity index (χ3n) is 3.64. The Morgan fingerprint density at radius 2 is 1.62 bits per heavy atom. The summed E-state index contributed by atoms with van der Waals surface area (Å²) in [6.45, 7) is 1.21. The van der Waals surface area contributed by atoms with Crippen molar-refractivity contribution in [2.75, 3.05) is 26.8 Å². The highest BCUT2D eigenvalue weighted by molar-refractivity contribution is 5.96. The molecule has 26 heavy (non-hydrogen) atoms. The maximum absolute atomic E-state index is 12.1. The van der Waals surface area contributed by atoms with Crippen LogP contribution in [0.1, 0.15) is 23.2 Å². The van der Waals surface area contributed by atoms with Crippen LogP contribution >= 0.6 is 0 Å². The van der Waals surface area contributed by atoms with Crippen LogP contribution in [0.3, 0.4) is 0 Å². The van der Waals surface area contributed by atoms with Crippen LogP contribution in [0.2, 0.25) is 0 Å². The molecule has 0 saturated heterocycles. The summed E-state index contributed by atoms with van der Waals surface area (Å²) < 4.78 is 10.7. The Bertz CT molecular complexity index is 704. The van der Waals surface area contributed by atoms with Gasteiger partial charge in [-0.25, -0.2) is 0 Å². The first-order valence-electron chi connectivity index (χ1n) is 8.56. The van der Waals surface area contributed by atoms with Gasteiger partial charge in [0.05, 0.1) is 19.3 Å². The molecule has 2 N–H and O–H groups in total. The third kappa shape index (κ3) is 6.47. The fourth-order valence-electron chi connectivity index (χ4n) is 2.33. The highest BCUT2D eigenvalue weighted by Crippen LogP contribution is 2.16. The molecule has 2 aromatic carbocycles. The van der Waals surface area contributed by atoms with Crippen LogP contribution in [0.5, 0.6) is 11.5 Å². The van der Waals surface area contributed by atoms with E-state index in [0.717, 1.165) is 5.75 Å². The van der Waals surface area contributed by atoms with Gasteiger partial charge in [0.25, 0.3) is 5.91 Å². The van der Waals surface area contributed by atoms with Crippen molar-refractivity contribution in [3.63, 3.8) is 0 Å². The molecule has 0 aliphatic heterocycles. The summed E-state index contributed by atoms with van der Waals surface area (Å²) >= 11 is 0. The number of benzene rings is 2. The number of ether oxygens (including phenoxy) is 2. The number of hydrogen-bond acceptors (Lipinski definition) is 4. The Labute approximate surface area is 153 Å². The van der Waals surface area contributed by atoms with Gasteiger partial charge in [0.2, 0.25) is 5.91 Å². The zero-order valence-electron chi connectivity index (χ0n) is 14.9. The molecule has 2 amide bonds. The molecule has 6 nitrogen and oxygen atoms in total. The topological polar surface area (TPSA) is 76.7 Å². The minimum absolute atomic E-state index is 0.0618. The van der Waals surface area contributed by atoms with Crippen LogP contribution in [0, 0.1) is 0 Å². The number of carbonyl (C=O) groups excluding carboxylic acids is 2. The molecule has 0 aliphatic rings. The van der Waals surface area contributed by atoms with Gasteiger partial charge in [-0.3, -0.25) is 9.59 Å². The summed E-state index contributed by atoms with van der Waals surface area (Å²) in [5, 5.41) is 5.54. The van der Waals surface area contributed by atoms with Gasteiger partial charge in [0.1, 0.15) is 11.5 Å². The van der Waals surface area contributed by atoms with E-state index < -0.39 is 0 Å². The van der Waals surface area contributed by atoms with Crippen molar-refractivity contribution >= 4 is 11.8 Å². The van der Waals surface area contributed by atoms with Crippen LogP contribution in [0.15, 0.2) is 54.6 Å². The highest BCUT2D eigenvalue weighted by Gasteiger charge is 2.10. The molecule has 0 bridgehead atoms. The average molecular weight is 356 g/mol. The van der Waals surface area contributed by atoms with E-state index in [-0.39, 0.29) is 11.8 Å². The molecule has 0 saturated carbocycles. The lowest BCUT2D eigenvalue weighted by atomic mass is 10.2. The molecule has 0 atom stereocenters. The van der Waals surface area contributed by atoms with Gasteiger partial charge >= 0.3 is 0 Å². The number of hydrogen-bond donors (Lipinski definition) is 2. The van der Waals surface area contributed by atoms with Gasteiger partial charge in [-0.15, -0.1) is 0 Å². The number of methoxy groups -OCH3 is 1. The summed E-state index contributed by atoms with van der Waals surface area (Å²) in [4.78, 5) is 23.9. The van der Waals surface area contributed by atoms with Gasteiger partial charge in [-0.1, -0.05) is 30.3 Å². The van der Waals surface area contributed by atoms with Gasteiger partial charge < -0.3 is 20.1 Å². The quantitative estimate of drug-likeness (QED) is 0.641. The van der Waals surface area contributed by atoms with Crippen molar-refractivity contribution in [2.45, 2.75) is 12.8 Å². The smallest absolute Gasteiger partial charge is 0.255 e. The molecule has 0 spiro atoms. The largest absolute Gasteiger partial charge is 0.496 e. The summed E-state index contributed by atoms with van der Waals surface area (Å²) in [6, 6.07) is 16.5. The Kier molecular flexibility index (Phi) is 7.99. The SMILES string of the molecule is COc1ccccc1C(=O)NCCNC(=O)CCCOc1ccccc1. The van der Waals surface area contributed by atoms with Crippen molar-refractivity contribution in [1.82, 2.24) is 10.6 Å². The molecule has 0 radical (unpaired) electrons. The number of nitrogens with one attached hydrogen (secondary N) is 2. The molecule has 2 rings (SSSR count). The molecular weight excluding hydrogens is 332 g/mol. The number of rotatable bonds is 10. The first-order valence-corrected chi connectivity index (χ1v) is 8.56. The Morgan fingerprint density at radius 3 is 2.38 bits per heavy atom. The summed E-state index contributed by atoms with van der Waals surface area (Å²) in [7, 11) is 1.52. The second kappa shape index (κ2) is 10.8. The van der Waals surface area contributed by atoms with Crippen molar-refractivity contribution in [1.29, 1.82) is 0 Å². The summed E-state index contributed by atoms with van der Waals surface area (Å²) in [5.74, 6) is 1.03. The van der Waals surface area contributed by atoms with Crippen LogP contribution < -0.4 is 20.1 Å². The summed E-state index contributed by atoms with van der Waals surface area (Å²) in [5.41, 5.74) is 0.472. The molecule has 0 unspecified atom stereocenters. The monoisotopic (exact) mass is 356 g/mol. The highest BCUT2D eigenvalue weighted by atomic mass is 16.5. The van der Waals surface area contributed by atoms with E-state index in [1.54, 1.807) is 24.3 Å². The van der Waals surface area contributed by atoms with Gasteiger partial charge in [0, 0.05) is 19.5 Å². The first kappa shape index (κ1) is 19.3. The predicted molar refractivity (Wildman–Crippen MR) is 99.5 cm³/mol. The Hall–Kier alpha value is -3.02. The molecule has 0 heterocycles. The fraction of sp³-hybridized carbons (Fsp3) is 0.300. The van der Waals surface area contributed by atoms with Crippen LogP contribution in [-0.2, 0) is 4.79 Å². The van der Waals surface area contributed by atoms with E-state index in [4.69, 9.17) is 9.47 Å². The number of amides is 2. The molecule has 0 aliphatic carbocycles. The van der Waals surface area contributed by atoms with E-state index in [9.17, 15) is 9.59 Å². The maximum Gasteiger partial charge on any atom is 0.255 e. The molecular formula is C20H24N2O4. The van der Waals surface area contributed by atoms with E-state index in [1.807, 2.05) is 30.3 Å². The van der Waals surface area contributed by atoms with Crippen molar-refractivity contribution < 1.29 is 19.1 Å². The zero-order chi connectivity index (χ0) is 18.6. The van der Waals surface area contributed by atoms with E-state index in [2.05, 4.69) is 10.6 Å². The van der Waals surface area contributed by atoms with Crippen LogP contribution in [-0.4, -0.2) is 38.6 Å². The summed E-state index contributed by atoms with van der Waals surface area (Å²) in [6.07, 6.45) is 1.02. The lowest BCUT2D eigenvalue weighted by molar-refractivity contribution is -0.121. The van der Waals surface area contributed by atoms with Crippen LogP contribution in [0.4, 0.5) is 0 Å². The minimum atomic E-state index is -0.229. The molecule has 6 heteroatoms. The van der Waals surface area contributed by atoms with Gasteiger partial charge in [0.15, 0.2) is 0 Å². The standard InChI is InChI=1S/C20H24N2O4/c1-25-18-11-6-5-10-17(18)20(24)22-14-13-21-19(23)12-7-15-26-16-8-3-2-4-9-16/h2-6,8-11H,7,12-15H2,1H3,(H,21,23)(H,22,24). The molecule has 2 aromatic rings. The first-order chi connectivity index (χ1) is 12.7. The zero-order valence-corrected chi connectivity index (χ0v) is 14.9. The number of carbonyl (C=O) groups is 2. The van der Waals surface area contributed by atoms with Crippen molar-refractivity contribution in [3.05, 3.63) is 60.2 Å². The normalized spacial score (nSPS) is 10.0. The van der Waals surface area contributed by atoms with Crippen LogP contribution in [0.25, 0.3) is 0 Å². The minimum Gasteiger partial charge on any atom is -0.496 e. The maximum atomic E-state index is 12.1. The molecule has 138 valence electrons. The fourth-order valence-corrected chi connectivity index (χ4v) is 2.33. The lowest BCUT2D eigenvalue weighted by Crippen LogP contribution is -2.34. The number of para-hydroxylation sites is 2. The Balaban J connectivity index is 1.57. The van der Waals surface area contributed by atoms with E-state index in [0.29, 0.717) is 43.9 Å². The second-order valence-electron chi connectivity index (χ2n) is 5.57. The Morgan fingerprint density at radius 1 is 0.923 bits per heavy atom. The molecule has 0 aromatic heterocycles.